The molecule has 0 spiro atoms. The lowest BCUT2D eigenvalue weighted by atomic mass is 9.94. The number of hydrogen-bond donors (Lipinski definition) is 1. The van der Waals surface area contributed by atoms with Crippen LogP contribution in [-0.2, 0) is 11.3 Å². The summed E-state index contributed by atoms with van der Waals surface area (Å²) in [5.41, 5.74) is 0. The molecule has 0 aromatic carbocycles. The van der Waals surface area contributed by atoms with Crippen molar-refractivity contribution < 1.29 is 9.53 Å². The van der Waals surface area contributed by atoms with Gasteiger partial charge in [0.15, 0.2) is 0 Å². The number of carbonyl (C=O) groups excluding carboxylic acids is 1. The molecule has 3 rings (SSSR count). The van der Waals surface area contributed by atoms with Gasteiger partial charge in [-0.05, 0) is 57.1 Å². The molecule has 1 aliphatic carbocycles. The van der Waals surface area contributed by atoms with E-state index in [0.29, 0.717) is 13.1 Å². The van der Waals surface area contributed by atoms with Gasteiger partial charge in [-0.25, -0.2) is 4.79 Å². The second-order valence-electron chi connectivity index (χ2n) is 7.95. The molecule has 1 aromatic heterocycles. The van der Waals surface area contributed by atoms with Gasteiger partial charge in [0.1, 0.15) is 0 Å². The predicted molar refractivity (Wildman–Crippen MR) is 111 cm³/mol. The van der Waals surface area contributed by atoms with Crippen LogP contribution < -0.4 is 5.32 Å². The molecule has 1 atom stereocenters. The predicted octanol–water partition coefficient (Wildman–Crippen LogP) is 4.09. The topological polar surface area (TPSA) is 44.8 Å². The molecule has 2 amide bonds. The van der Waals surface area contributed by atoms with Gasteiger partial charge in [0.05, 0.1) is 12.6 Å². The Morgan fingerprint density at radius 1 is 1.26 bits per heavy atom. The summed E-state index contributed by atoms with van der Waals surface area (Å²) in [4.78, 5) is 18.4. The van der Waals surface area contributed by atoms with Gasteiger partial charge < -0.3 is 19.9 Å². The average molecular weight is 394 g/mol. The number of nitrogens with one attached hydrogen (secondary N) is 1. The van der Waals surface area contributed by atoms with E-state index in [1.165, 1.54) is 37.0 Å². The Labute approximate surface area is 168 Å². The second kappa shape index (κ2) is 11.0. The maximum absolute atomic E-state index is 12.8. The Kier molecular flexibility index (Phi) is 8.42. The zero-order valence-corrected chi connectivity index (χ0v) is 17.5. The zero-order chi connectivity index (χ0) is 18.9. The highest BCUT2D eigenvalue weighted by Gasteiger charge is 2.23. The molecule has 0 bridgehead atoms. The fraction of sp³-hybridized carbons (Fsp3) is 0.762. The minimum Gasteiger partial charge on any atom is -0.376 e. The van der Waals surface area contributed by atoms with Crippen molar-refractivity contribution in [1.29, 1.82) is 0 Å². The molecule has 6 heteroatoms. The van der Waals surface area contributed by atoms with Gasteiger partial charge in [-0.2, -0.15) is 0 Å². The van der Waals surface area contributed by atoms with E-state index in [0.717, 1.165) is 45.0 Å². The van der Waals surface area contributed by atoms with Gasteiger partial charge in [0.25, 0.3) is 0 Å². The summed E-state index contributed by atoms with van der Waals surface area (Å²) in [7, 11) is 2.23. The van der Waals surface area contributed by atoms with E-state index in [1.54, 1.807) is 11.3 Å². The molecule has 1 saturated carbocycles. The van der Waals surface area contributed by atoms with Crippen molar-refractivity contribution in [3.63, 3.8) is 0 Å². The summed E-state index contributed by atoms with van der Waals surface area (Å²) < 4.78 is 5.75. The van der Waals surface area contributed by atoms with Crippen LogP contribution in [0, 0.1) is 0 Å². The third-order valence-corrected chi connectivity index (χ3v) is 6.69. The van der Waals surface area contributed by atoms with Crippen molar-refractivity contribution >= 4 is 17.4 Å². The van der Waals surface area contributed by atoms with Crippen LogP contribution in [0.5, 0.6) is 0 Å². The molecule has 2 aliphatic rings. The molecule has 1 aliphatic heterocycles. The maximum Gasteiger partial charge on any atom is 0.317 e. The van der Waals surface area contributed by atoms with Crippen LogP contribution in [0.2, 0.25) is 0 Å². The van der Waals surface area contributed by atoms with Crippen molar-refractivity contribution in [3.8, 4) is 0 Å². The van der Waals surface area contributed by atoms with Gasteiger partial charge in [-0.15, -0.1) is 11.3 Å². The number of ether oxygens (including phenoxy) is 1. The van der Waals surface area contributed by atoms with Crippen molar-refractivity contribution in [1.82, 2.24) is 15.1 Å². The van der Waals surface area contributed by atoms with Crippen LogP contribution >= 0.6 is 11.3 Å². The van der Waals surface area contributed by atoms with Gasteiger partial charge in [-0.1, -0.05) is 25.3 Å². The summed E-state index contributed by atoms with van der Waals surface area (Å²) in [5, 5.41) is 5.20. The van der Waals surface area contributed by atoms with E-state index in [4.69, 9.17) is 4.74 Å². The van der Waals surface area contributed by atoms with E-state index < -0.39 is 0 Å². The normalized spacial score (nSPS) is 20.9. The number of amides is 2. The number of urea groups is 1. The van der Waals surface area contributed by atoms with Gasteiger partial charge >= 0.3 is 6.03 Å². The highest BCUT2D eigenvalue weighted by molar-refractivity contribution is 7.09. The smallest absolute Gasteiger partial charge is 0.317 e. The van der Waals surface area contributed by atoms with E-state index in [1.807, 2.05) is 11.0 Å². The van der Waals surface area contributed by atoms with Gasteiger partial charge in [0.2, 0.25) is 0 Å². The highest BCUT2D eigenvalue weighted by atomic mass is 32.1. The quantitative estimate of drug-likeness (QED) is 0.643. The minimum absolute atomic E-state index is 0.0409. The Morgan fingerprint density at radius 3 is 2.81 bits per heavy atom. The number of thiophene rings is 1. The van der Waals surface area contributed by atoms with Crippen molar-refractivity contribution in [2.24, 2.45) is 0 Å². The Bertz CT molecular complexity index is 540. The SMILES string of the molecule is CN(CCCNC(=O)N(Cc1cccs1)CC1CCCO1)C1CCCCC1. The van der Waals surface area contributed by atoms with Crippen molar-refractivity contribution in [2.45, 2.75) is 70.1 Å². The van der Waals surface area contributed by atoms with Crippen LogP contribution in [0.3, 0.4) is 0 Å². The summed E-state index contributed by atoms with van der Waals surface area (Å²) in [5.74, 6) is 0. The first kappa shape index (κ1) is 20.6. The molecule has 2 heterocycles. The minimum atomic E-state index is 0.0409. The molecule has 152 valence electrons. The Balaban J connectivity index is 1.40. The average Bonchev–Trinajstić information content (AvgIpc) is 3.39. The molecular weight excluding hydrogens is 358 g/mol. The van der Waals surface area contributed by atoms with Crippen molar-refractivity contribution in [3.05, 3.63) is 22.4 Å². The van der Waals surface area contributed by atoms with E-state index in [-0.39, 0.29) is 12.1 Å². The van der Waals surface area contributed by atoms with Crippen LogP contribution in [0.15, 0.2) is 17.5 Å². The molecule has 1 saturated heterocycles. The fourth-order valence-electron chi connectivity index (χ4n) is 4.18. The van der Waals surface area contributed by atoms with Gasteiger partial charge in [0, 0.05) is 30.6 Å². The lowest BCUT2D eigenvalue weighted by molar-refractivity contribution is 0.0796. The fourth-order valence-corrected chi connectivity index (χ4v) is 4.90. The number of carbonyl (C=O) groups is 1. The number of hydrogen-bond acceptors (Lipinski definition) is 4. The Morgan fingerprint density at radius 2 is 2.11 bits per heavy atom. The molecule has 1 N–H and O–H groups in total. The second-order valence-corrected chi connectivity index (χ2v) is 8.99. The lowest BCUT2D eigenvalue weighted by Gasteiger charge is -2.31. The van der Waals surface area contributed by atoms with Crippen molar-refractivity contribution in [2.75, 3.05) is 33.3 Å². The third kappa shape index (κ3) is 6.77. The van der Waals surface area contributed by atoms with Crippen LogP contribution in [-0.4, -0.2) is 61.3 Å². The first-order valence-electron chi connectivity index (χ1n) is 10.6. The Hall–Kier alpha value is -1.11. The molecule has 27 heavy (non-hydrogen) atoms. The summed E-state index contributed by atoms with van der Waals surface area (Å²) in [6.45, 7) is 3.98. The monoisotopic (exact) mass is 393 g/mol. The molecule has 0 radical (unpaired) electrons. The summed E-state index contributed by atoms with van der Waals surface area (Å²) >= 11 is 1.71. The molecule has 1 aromatic rings. The largest absolute Gasteiger partial charge is 0.376 e. The zero-order valence-electron chi connectivity index (χ0n) is 16.7. The highest BCUT2D eigenvalue weighted by Crippen LogP contribution is 2.21. The number of nitrogens with zero attached hydrogens (tertiary/aromatic N) is 2. The first-order valence-corrected chi connectivity index (χ1v) is 11.5. The molecule has 1 unspecified atom stereocenters. The lowest BCUT2D eigenvalue weighted by Crippen LogP contribution is -2.44. The summed E-state index contributed by atoms with van der Waals surface area (Å²) in [6, 6.07) is 4.92. The van der Waals surface area contributed by atoms with E-state index in [9.17, 15) is 4.79 Å². The van der Waals surface area contributed by atoms with Crippen LogP contribution in [0.4, 0.5) is 4.79 Å². The standard InChI is InChI=1S/C21H35N3O2S/c1-23(18-8-3-2-4-9-18)13-7-12-22-21(25)24(16-19-10-5-14-26-19)17-20-11-6-15-27-20/h6,11,15,18-19H,2-5,7-10,12-14,16-17H2,1H3,(H,22,25). The maximum atomic E-state index is 12.8. The first-order chi connectivity index (χ1) is 13.2. The molecule has 5 nitrogen and oxygen atoms in total. The van der Waals surface area contributed by atoms with Crippen LogP contribution in [0.25, 0.3) is 0 Å². The summed E-state index contributed by atoms with van der Waals surface area (Å²) in [6.07, 6.45) is 10.1. The van der Waals surface area contributed by atoms with Crippen LogP contribution in [0.1, 0.15) is 56.2 Å². The third-order valence-electron chi connectivity index (χ3n) is 5.82. The van der Waals surface area contributed by atoms with E-state index in [2.05, 4.69) is 28.7 Å². The number of rotatable bonds is 9. The van der Waals surface area contributed by atoms with Gasteiger partial charge in [-0.3, -0.25) is 0 Å². The molecular formula is C21H35N3O2S. The molecule has 2 fully saturated rings. The van der Waals surface area contributed by atoms with E-state index >= 15 is 0 Å².